The summed E-state index contributed by atoms with van der Waals surface area (Å²) in [6, 6.07) is 3.45. The highest BCUT2D eigenvalue weighted by atomic mass is 32.2. The molecule has 0 saturated carbocycles. The molecule has 21 heavy (non-hydrogen) atoms. The molecule has 0 aliphatic heterocycles. The van der Waals surface area contributed by atoms with Crippen molar-refractivity contribution < 1.29 is 13.2 Å². The third-order valence-electron chi connectivity index (χ3n) is 3.05. The molecule has 0 aliphatic carbocycles. The Labute approximate surface area is 129 Å². The molecule has 0 radical (unpaired) electrons. The van der Waals surface area contributed by atoms with E-state index in [1.54, 1.807) is 39.3 Å². The van der Waals surface area contributed by atoms with Gasteiger partial charge in [-0.25, -0.2) is 18.1 Å². The van der Waals surface area contributed by atoms with Gasteiger partial charge in [-0.2, -0.15) is 0 Å². The molecular weight excluding hydrogens is 308 g/mol. The second kappa shape index (κ2) is 6.55. The Morgan fingerprint density at radius 3 is 2.48 bits per heavy atom. The van der Waals surface area contributed by atoms with E-state index in [9.17, 15) is 8.42 Å². The van der Waals surface area contributed by atoms with Gasteiger partial charge in [0.2, 0.25) is 10.0 Å². The number of aryl methyl sites for hydroxylation is 2. The third-order valence-corrected chi connectivity index (χ3v) is 5.66. The summed E-state index contributed by atoms with van der Waals surface area (Å²) >= 11 is 1.52. The number of rotatable bonds is 6. The summed E-state index contributed by atoms with van der Waals surface area (Å²) in [5.41, 5.74) is 1.35. The van der Waals surface area contributed by atoms with E-state index in [4.69, 9.17) is 4.74 Å². The van der Waals surface area contributed by atoms with Crippen molar-refractivity contribution in [3.05, 3.63) is 39.8 Å². The van der Waals surface area contributed by atoms with Crippen molar-refractivity contribution >= 4 is 21.4 Å². The molecule has 1 aromatic heterocycles. The molecule has 7 heteroatoms. The number of benzene rings is 1. The van der Waals surface area contributed by atoms with Crippen molar-refractivity contribution in [3.8, 4) is 5.75 Å². The highest BCUT2D eigenvalue weighted by molar-refractivity contribution is 7.89. The van der Waals surface area contributed by atoms with Gasteiger partial charge in [0.05, 0.1) is 17.0 Å². The van der Waals surface area contributed by atoms with Crippen LogP contribution in [0.3, 0.4) is 0 Å². The Balaban J connectivity index is 2.15. The Bertz CT molecular complexity index is 687. The smallest absolute Gasteiger partial charge is 0.241 e. The van der Waals surface area contributed by atoms with E-state index < -0.39 is 10.0 Å². The number of nitrogens with zero attached hydrogens (tertiary/aromatic N) is 1. The molecule has 0 aliphatic rings. The van der Waals surface area contributed by atoms with Crippen molar-refractivity contribution in [2.24, 2.45) is 0 Å². The fraction of sp³-hybridized carbons (Fsp3) is 0.357. The van der Waals surface area contributed by atoms with Gasteiger partial charge in [0.25, 0.3) is 0 Å². The maximum absolute atomic E-state index is 12.4. The molecule has 0 unspecified atom stereocenters. The van der Waals surface area contributed by atoms with Crippen LogP contribution < -0.4 is 9.46 Å². The Morgan fingerprint density at radius 1 is 1.29 bits per heavy atom. The fourth-order valence-corrected chi connectivity index (χ4v) is 4.29. The van der Waals surface area contributed by atoms with Crippen LogP contribution >= 0.6 is 11.3 Å². The molecule has 5 nitrogen and oxygen atoms in total. The van der Waals surface area contributed by atoms with Gasteiger partial charge >= 0.3 is 0 Å². The van der Waals surface area contributed by atoms with Crippen molar-refractivity contribution in [3.63, 3.8) is 0 Å². The van der Waals surface area contributed by atoms with Gasteiger partial charge in [-0.1, -0.05) is 0 Å². The molecule has 2 aromatic rings. The molecule has 0 amide bonds. The lowest BCUT2D eigenvalue weighted by Gasteiger charge is -2.13. The lowest BCUT2D eigenvalue weighted by Crippen LogP contribution is -2.27. The van der Waals surface area contributed by atoms with E-state index in [-0.39, 0.29) is 0 Å². The monoisotopic (exact) mass is 326 g/mol. The molecule has 0 fully saturated rings. The quantitative estimate of drug-likeness (QED) is 0.884. The minimum absolute atomic E-state index is 0.322. The van der Waals surface area contributed by atoms with Gasteiger partial charge in [0, 0.05) is 24.5 Å². The highest BCUT2D eigenvalue weighted by Gasteiger charge is 2.20. The lowest BCUT2D eigenvalue weighted by molar-refractivity contribution is 0.413. The Morgan fingerprint density at radius 2 is 1.95 bits per heavy atom. The maximum Gasteiger partial charge on any atom is 0.241 e. The van der Waals surface area contributed by atoms with Gasteiger partial charge in [-0.3, -0.25) is 0 Å². The van der Waals surface area contributed by atoms with Crippen LogP contribution in [0.5, 0.6) is 5.75 Å². The van der Waals surface area contributed by atoms with Crippen molar-refractivity contribution in [1.82, 2.24) is 9.71 Å². The van der Waals surface area contributed by atoms with Crippen LogP contribution in [0.2, 0.25) is 0 Å². The highest BCUT2D eigenvalue weighted by Crippen LogP contribution is 2.25. The van der Waals surface area contributed by atoms with Crippen LogP contribution in [0.15, 0.2) is 28.6 Å². The van der Waals surface area contributed by atoms with Gasteiger partial charge in [0.1, 0.15) is 5.75 Å². The number of nitrogens with one attached hydrogen (secondary N) is 1. The van der Waals surface area contributed by atoms with Crippen LogP contribution in [0, 0.1) is 13.8 Å². The first-order valence-electron chi connectivity index (χ1n) is 6.47. The number of thiazole rings is 1. The van der Waals surface area contributed by atoms with Gasteiger partial charge in [-0.15, -0.1) is 11.3 Å². The van der Waals surface area contributed by atoms with E-state index in [0.29, 0.717) is 34.7 Å². The van der Waals surface area contributed by atoms with Crippen molar-refractivity contribution in [2.45, 2.75) is 25.2 Å². The average molecular weight is 326 g/mol. The van der Waals surface area contributed by atoms with E-state index in [1.807, 2.05) is 5.38 Å². The minimum atomic E-state index is -3.53. The molecular formula is C14H18N2O3S2. The zero-order valence-corrected chi connectivity index (χ0v) is 13.8. The molecule has 2 rings (SSSR count). The molecule has 1 aromatic carbocycles. The molecule has 0 saturated heterocycles. The third kappa shape index (κ3) is 3.81. The van der Waals surface area contributed by atoms with Gasteiger partial charge in [0.15, 0.2) is 0 Å². The molecule has 0 spiro atoms. The summed E-state index contributed by atoms with van der Waals surface area (Å²) in [6.07, 6.45) is 2.30. The maximum atomic E-state index is 12.4. The van der Waals surface area contributed by atoms with Gasteiger partial charge in [-0.05, 0) is 37.1 Å². The topological polar surface area (TPSA) is 68.3 Å². The lowest BCUT2D eigenvalue weighted by atomic mass is 10.1. The Kier molecular flexibility index (Phi) is 4.97. The first-order chi connectivity index (χ1) is 9.94. The predicted octanol–water partition coefficient (Wildman–Crippen LogP) is 2.29. The van der Waals surface area contributed by atoms with E-state index in [1.165, 1.54) is 11.3 Å². The van der Waals surface area contributed by atoms with Crippen molar-refractivity contribution in [2.75, 3.05) is 13.7 Å². The molecule has 1 N–H and O–H groups in total. The summed E-state index contributed by atoms with van der Waals surface area (Å²) in [6.45, 7) is 3.87. The summed E-state index contributed by atoms with van der Waals surface area (Å²) in [7, 11) is -1.96. The average Bonchev–Trinajstić information content (AvgIpc) is 2.90. The molecule has 1 heterocycles. The number of hydrogen-bond acceptors (Lipinski definition) is 5. The van der Waals surface area contributed by atoms with Crippen LogP contribution in [0.25, 0.3) is 0 Å². The largest absolute Gasteiger partial charge is 0.497 e. The molecule has 114 valence electrons. The SMILES string of the molecule is COc1cc(C)c(S(=O)(=O)NCCc2nccs2)c(C)c1. The standard InChI is InChI=1S/C14H18N2O3S2/c1-10-8-12(19-3)9-11(2)14(10)21(17,18)16-5-4-13-15-6-7-20-13/h6-9,16H,4-5H2,1-3H3. The molecule has 0 atom stereocenters. The number of aromatic nitrogens is 1. The van der Waals surface area contributed by atoms with Crippen LogP contribution in [0.1, 0.15) is 16.1 Å². The number of hydrogen-bond donors (Lipinski definition) is 1. The van der Waals surface area contributed by atoms with Crippen molar-refractivity contribution in [1.29, 1.82) is 0 Å². The number of ether oxygens (including phenoxy) is 1. The second-order valence-corrected chi connectivity index (χ2v) is 7.35. The van der Waals surface area contributed by atoms with Crippen LogP contribution in [0.4, 0.5) is 0 Å². The van der Waals surface area contributed by atoms with E-state index in [0.717, 1.165) is 5.01 Å². The second-order valence-electron chi connectivity index (χ2n) is 4.66. The summed E-state index contributed by atoms with van der Waals surface area (Å²) in [5.74, 6) is 0.659. The predicted molar refractivity (Wildman–Crippen MR) is 83.5 cm³/mol. The summed E-state index contributed by atoms with van der Waals surface area (Å²) in [4.78, 5) is 4.46. The first kappa shape index (κ1) is 15.9. The minimum Gasteiger partial charge on any atom is -0.497 e. The van der Waals surface area contributed by atoms with E-state index in [2.05, 4.69) is 9.71 Å². The number of methoxy groups -OCH3 is 1. The molecule has 0 bridgehead atoms. The van der Waals surface area contributed by atoms with Crippen LogP contribution in [-0.4, -0.2) is 27.1 Å². The van der Waals surface area contributed by atoms with E-state index >= 15 is 0 Å². The summed E-state index contributed by atoms with van der Waals surface area (Å²) < 4.78 is 32.6. The number of sulfonamides is 1. The van der Waals surface area contributed by atoms with Gasteiger partial charge < -0.3 is 4.74 Å². The zero-order chi connectivity index (χ0) is 15.5. The Hall–Kier alpha value is -1.44. The zero-order valence-electron chi connectivity index (χ0n) is 12.2. The van der Waals surface area contributed by atoms with Crippen LogP contribution in [-0.2, 0) is 16.4 Å². The fourth-order valence-electron chi connectivity index (χ4n) is 2.19. The normalized spacial score (nSPS) is 11.6. The summed E-state index contributed by atoms with van der Waals surface area (Å²) in [5, 5.41) is 2.79. The first-order valence-corrected chi connectivity index (χ1v) is 8.83.